The van der Waals surface area contributed by atoms with Gasteiger partial charge in [-0.1, -0.05) is 0 Å². The molecule has 0 bridgehead atoms. The fourth-order valence-electron chi connectivity index (χ4n) is 4.10. The molecule has 0 amide bonds. The van der Waals surface area contributed by atoms with Gasteiger partial charge in [-0.3, -0.25) is 10.1 Å². The largest absolute Gasteiger partial charge is 0.335 e. The number of aromatic amines is 2. The average Bonchev–Trinajstić information content (AvgIpc) is 3.56. The van der Waals surface area contributed by atoms with Crippen LogP contribution in [0.2, 0.25) is 0 Å². The van der Waals surface area contributed by atoms with Crippen molar-refractivity contribution < 1.29 is 8.78 Å². The number of rotatable bonds is 5. The van der Waals surface area contributed by atoms with E-state index in [0.29, 0.717) is 40.4 Å². The molecule has 0 fully saturated rings. The zero-order valence-electron chi connectivity index (χ0n) is 18.7. The number of pyridine rings is 3. The van der Waals surface area contributed by atoms with E-state index < -0.39 is 5.82 Å². The summed E-state index contributed by atoms with van der Waals surface area (Å²) in [7, 11) is 3.92. The van der Waals surface area contributed by atoms with E-state index in [-0.39, 0.29) is 16.2 Å². The lowest BCUT2D eigenvalue weighted by atomic mass is 10.1. The van der Waals surface area contributed by atoms with Gasteiger partial charge in [-0.15, -0.1) is 11.3 Å². The molecule has 2 N–H and O–H groups in total. The molecule has 0 aliphatic carbocycles. The Morgan fingerprint density at radius 1 is 1.00 bits per heavy atom. The molecule has 11 heteroatoms. The number of fused-ring (bicyclic) bond motifs is 2. The van der Waals surface area contributed by atoms with Crippen molar-refractivity contribution >= 4 is 33.5 Å². The Kier molecular flexibility index (Phi) is 5.08. The van der Waals surface area contributed by atoms with E-state index in [4.69, 9.17) is 0 Å². The first-order chi connectivity index (χ1) is 17.0. The Hall–Kier alpha value is -4.09. The van der Waals surface area contributed by atoms with Crippen LogP contribution in [-0.4, -0.2) is 54.1 Å². The maximum atomic E-state index is 15.9. The standard InChI is InChI=1S/C24H18F2N8S/c1-34(2)11-12-7-13(9-27-8-12)15-10-29-22-18(19(15)26)21(32-33-22)24-30-20-14(5-6-28-23(20)31-24)16-3-4-17(25)35-16/h3-10H,11H2,1-2H3,(H,28,30,31)(H,29,32,33). The third kappa shape index (κ3) is 3.74. The SMILES string of the molecule is CN(C)Cc1cncc(-c2cnc3n[nH]c(-c4nc5nccc(-c6ccc(F)s6)c5[nH]4)c3c2F)c1. The van der Waals surface area contributed by atoms with Crippen molar-refractivity contribution in [3.8, 4) is 33.1 Å². The predicted molar refractivity (Wildman–Crippen MR) is 131 cm³/mol. The minimum absolute atomic E-state index is 0.211. The van der Waals surface area contributed by atoms with Crippen LogP contribution in [0.25, 0.3) is 55.3 Å². The van der Waals surface area contributed by atoms with Gasteiger partial charge in [0.2, 0.25) is 0 Å². The second kappa shape index (κ2) is 8.29. The third-order valence-corrected chi connectivity index (χ3v) is 6.50. The molecule has 174 valence electrons. The van der Waals surface area contributed by atoms with Crippen molar-refractivity contribution in [3.63, 3.8) is 0 Å². The van der Waals surface area contributed by atoms with Gasteiger partial charge in [-0.05, 0) is 43.9 Å². The summed E-state index contributed by atoms with van der Waals surface area (Å²) in [5.74, 6) is -0.117. The van der Waals surface area contributed by atoms with Gasteiger partial charge >= 0.3 is 0 Å². The molecular formula is C24H18F2N8S. The number of thiophene rings is 1. The highest BCUT2D eigenvalue weighted by molar-refractivity contribution is 7.14. The summed E-state index contributed by atoms with van der Waals surface area (Å²) in [5, 5.41) is 6.96. The third-order valence-electron chi connectivity index (χ3n) is 5.59. The zero-order chi connectivity index (χ0) is 24.1. The van der Waals surface area contributed by atoms with Gasteiger partial charge in [-0.25, -0.2) is 19.3 Å². The molecule has 0 radical (unpaired) electrons. The van der Waals surface area contributed by atoms with Crippen molar-refractivity contribution in [1.29, 1.82) is 0 Å². The fraction of sp³-hybridized carbons (Fsp3) is 0.125. The number of nitrogens with one attached hydrogen (secondary N) is 2. The fourth-order valence-corrected chi connectivity index (χ4v) is 4.87. The summed E-state index contributed by atoms with van der Waals surface area (Å²) < 4.78 is 29.5. The van der Waals surface area contributed by atoms with Crippen LogP contribution in [0.15, 0.2) is 49.1 Å². The molecule has 0 aliphatic heterocycles. The smallest absolute Gasteiger partial charge is 0.184 e. The van der Waals surface area contributed by atoms with E-state index in [9.17, 15) is 4.39 Å². The Labute approximate surface area is 201 Å². The molecule has 0 atom stereocenters. The molecule has 6 rings (SSSR count). The van der Waals surface area contributed by atoms with Crippen LogP contribution in [-0.2, 0) is 6.54 Å². The van der Waals surface area contributed by atoms with E-state index in [1.165, 1.54) is 12.3 Å². The molecule has 0 aliphatic rings. The molecule has 6 aromatic heterocycles. The summed E-state index contributed by atoms with van der Waals surface area (Å²) in [6, 6.07) is 6.80. The summed E-state index contributed by atoms with van der Waals surface area (Å²) >= 11 is 1.03. The molecule has 0 unspecified atom stereocenters. The first kappa shape index (κ1) is 21.4. The quantitative estimate of drug-likeness (QED) is 0.353. The monoisotopic (exact) mass is 488 g/mol. The van der Waals surface area contributed by atoms with Crippen molar-refractivity contribution in [2.24, 2.45) is 0 Å². The van der Waals surface area contributed by atoms with Crippen LogP contribution in [0.4, 0.5) is 8.78 Å². The van der Waals surface area contributed by atoms with Gasteiger partial charge in [0.1, 0.15) is 11.5 Å². The van der Waals surface area contributed by atoms with E-state index in [0.717, 1.165) is 27.3 Å². The van der Waals surface area contributed by atoms with E-state index in [1.54, 1.807) is 30.7 Å². The zero-order valence-corrected chi connectivity index (χ0v) is 19.5. The lowest BCUT2D eigenvalue weighted by molar-refractivity contribution is 0.402. The van der Waals surface area contributed by atoms with Crippen molar-refractivity contribution in [2.45, 2.75) is 6.54 Å². The molecule has 0 spiro atoms. The molecule has 0 aromatic carbocycles. The van der Waals surface area contributed by atoms with Gasteiger partial charge in [-0.2, -0.15) is 9.49 Å². The number of halogens is 2. The number of hydrogen-bond acceptors (Lipinski definition) is 7. The first-order valence-corrected chi connectivity index (χ1v) is 11.5. The highest BCUT2D eigenvalue weighted by Gasteiger charge is 2.21. The molecule has 0 saturated carbocycles. The number of nitrogens with zero attached hydrogens (tertiary/aromatic N) is 6. The number of aromatic nitrogens is 7. The van der Waals surface area contributed by atoms with Crippen molar-refractivity contribution in [2.75, 3.05) is 14.1 Å². The minimum Gasteiger partial charge on any atom is -0.335 e. The predicted octanol–water partition coefficient (Wildman–Crippen LogP) is 5.03. The molecular weight excluding hydrogens is 470 g/mol. The van der Waals surface area contributed by atoms with Gasteiger partial charge in [0.15, 0.2) is 22.2 Å². The van der Waals surface area contributed by atoms with E-state index in [2.05, 4.69) is 35.1 Å². The maximum absolute atomic E-state index is 15.9. The Morgan fingerprint density at radius 3 is 2.69 bits per heavy atom. The maximum Gasteiger partial charge on any atom is 0.184 e. The summed E-state index contributed by atoms with van der Waals surface area (Å²) in [6.07, 6.45) is 6.44. The van der Waals surface area contributed by atoms with Gasteiger partial charge in [0, 0.05) is 52.9 Å². The molecule has 8 nitrogen and oxygen atoms in total. The summed E-state index contributed by atoms with van der Waals surface area (Å²) in [5.41, 5.74) is 4.29. The van der Waals surface area contributed by atoms with Gasteiger partial charge in [0.25, 0.3) is 0 Å². The second-order valence-corrected chi connectivity index (χ2v) is 9.38. The number of imidazole rings is 1. The Balaban J connectivity index is 1.49. The van der Waals surface area contributed by atoms with Gasteiger partial charge < -0.3 is 9.88 Å². The lowest BCUT2D eigenvalue weighted by Gasteiger charge is -2.11. The number of hydrogen-bond donors (Lipinski definition) is 2. The van der Waals surface area contributed by atoms with Crippen molar-refractivity contribution in [3.05, 3.63) is 65.6 Å². The molecule has 6 aromatic rings. The minimum atomic E-state index is -0.475. The molecule has 6 heterocycles. The first-order valence-electron chi connectivity index (χ1n) is 10.7. The van der Waals surface area contributed by atoms with Crippen molar-refractivity contribution in [1.82, 2.24) is 40.0 Å². The van der Waals surface area contributed by atoms with Gasteiger partial charge in [0.05, 0.1) is 10.9 Å². The van der Waals surface area contributed by atoms with E-state index in [1.807, 2.05) is 25.1 Å². The normalized spacial score (nSPS) is 11.8. The number of H-pyrrole nitrogens is 2. The Morgan fingerprint density at radius 2 is 1.89 bits per heavy atom. The van der Waals surface area contributed by atoms with Crippen LogP contribution in [0.5, 0.6) is 0 Å². The highest BCUT2D eigenvalue weighted by atomic mass is 32.1. The van der Waals surface area contributed by atoms with E-state index >= 15 is 4.39 Å². The lowest BCUT2D eigenvalue weighted by Crippen LogP contribution is -2.10. The van der Waals surface area contributed by atoms with Crippen LogP contribution in [0, 0.1) is 10.9 Å². The summed E-state index contributed by atoms with van der Waals surface area (Å²) in [6.45, 7) is 0.678. The average molecular weight is 489 g/mol. The topological polar surface area (TPSA) is 99.3 Å². The molecule has 35 heavy (non-hydrogen) atoms. The highest BCUT2D eigenvalue weighted by Crippen LogP contribution is 2.35. The Bertz CT molecular complexity index is 1700. The van der Waals surface area contributed by atoms with Crippen LogP contribution < -0.4 is 0 Å². The van der Waals surface area contributed by atoms with Crippen LogP contribution >= 0.6 is 11.3 Å². The van der Waals surface area contributed by atoms with Crippen LogP contribution in [0.1, 0.15) is 5.56 Å². The molecule has 0 saturated heterocycles. The summed E-state index contributed by atoms with van der Waals surface area (Å²) in [4.78, 5) is 23.5. The second-order valence-electron chi connectivity index (χ2n) is 8.35. The van der Waals surface area contributed by atoms with Crippen LogP contribution in [0.3, 0.4) is 0 Å².